The van der Waals surface area contributed by atoms with Gasteiger partial charge in [0.15, 0.2) is 0 Å². The Balaban J connectivity index is 2.33. The van der Waals surface area contributed by atoms with Gasteiger partial charge in [0.05, 0.1) is 23.9 Å². The van der Waals surface area contributed by atoms with Gasteiger partial charge >= 0.3 is 0 Å². The first-order chi connectivity index (χ1) is 7.79. The van der Waals surface area contributed by atoms with Crippen molar-refractivity contribution < 1.29 is 4.74 Å². The quantitative estimate of drug-likeness (QED) is 0.808. The molecule has 2 heterocycles. The zero-order valence-electron chi connectivity index (χ0n) is 8.85. The topological polar surface area (TPSA) is 35.0 Å². The molecule has 2 rings (SSSR count). The van der Waals surface area contributed by atoms with Crippen molar-refractivity contribution in [2.24, 2.45) is 0 Å². The van der Waals surface area contributed by atoms with Crippen LogP contribution in [-0.4, -0.2) is 16.6 Å². The fraction of sp³-hybridized carbons (Fsp3) is 0.167. The van der Waals surface area contributed by atoms with Crippen molar-refractivity contribution in [2.75, 3.05) is 6.61 Å². The van der Waals surface area contributed by atoms with Crippen LogP contribution >= 0.6 is 15.9 Å². The van der Waals surface area contributed by atoms with Crippen molar-refractivity contribution in [3.63, 3.8) is 0 Å². The molecule has 3 nitrogen and oxygen atoms in total. The Labute approximate surface area is 102 Å². The number of nitrogens with zero attached hydrogens (tertiary/aromatic N) is 2. The lowest BCUT2D eigenvalue weighted by atomic mass is 10.2. The zero-order chi connectivity index (χ0) is 11.4. The van der Waals surface area contributed by atoms with E-state index >= 15 is 0 Å². The first-order valence-electron chi connectivity index (χ1n) is 4.99. The van der Waals surface area contributed by atoms with Gasteiger partial charge in [-0.25, -0.2) is 0 Å². The predicted octanol–water partition coefficient (Wildman–Crippen LogP) is 3.40. The van der Waals surface area contributed by atoms with Crippen LogP contribution in [0.1, 0.15) is 12.5 Å². The van der Waals surface area contributed by atoms with Crippen molar-refractivity contribution in [1.29, 1.82) is 0 Å². The Morgan fingerprint density at radius 3 is 2.81 bits per heavy atom. The van der Waals surface area contributed by atoms with E-state index in [2.05, 4.69) is 25.9 Å². The molecule has 2 aromatic heterocycles. The van der Waals surface area contributed by atoms with E-state index in [0.717, 1.165) is 21.1 Å². The largest absolute Gasteiger partial charge is 0.501 e. The van der Waals surface area contributed by atoms with Gasteiger partial charge in [-0.1, -0.05) is 0 Å². The van der Waals surface area contributed by atoms with Gasteiger partial charge in [-0.15, -0.1) is 0 Å². The molecule has 0 aliphatic carbocycles. The minimum atomic E-state index is 0.669. The first-order valence-corrected chi connectivity index (χ1v) is 5.78. The molecule has 0 atom stereocenters. The van der Waals surface area contributed by atoms with Crippen LogP contribution in [0.25, 0.3) is 17.1 Å². The van der Waals surface area contributed by atoms with E-state index in [9.17, 15) is 0 Å². The maximum atomic E-state index is 5.13. The second kappa shape index (κ2) is 5.07. The Morgan fingerprint density at radius 1 is 1.25 bits per heavy atom. The van der Waals surface area contributed by atoms with Crippen LogP contribution in [0.3, 0.4) is 0 Å². The molecule has 0 unspecified atom stereocenters. The van der Waals surface area contributed by atoms with Crippen molar-refractivity contribution in [3.8, 4) is 0 Å². The van der Waals surface area contributed by atoms with Gasteiger partial charge < -0.3 is 4.74 Å². The zero-order valence-corrected chi connectivity index (χ0v) is 10.4. The van der Waals surface area contributed by atoms with E-state index in [1.165, 1.54) is 0 Å². The highest BCUT2D eigenvalue weighted by atomic mass is 79.9. The van der Waals surface area contributed by atoms with Crippen LogP contribution in [0.15, 0.2) is 35.3 Å². The highest BCUT2D eigenvalue weighted by Gasteiger charge is 1.98. The summed E-state index contributed by atoms with van der Waals surface area (Å²) in [6.07, 6.45) is 7.10. The molecule has 2 aromatic rings. The van der Waals surface area contributed by atoms with Gasteiger partial charge in [0.25, 0.3) is 0 Å². The summed E-state index contributed by atoms with van der Waals surface area (Å²) >= 11 is 3.37. The Kier molecular flexibility index (Phi) is 3.51. The summed E-state index contributed by atoms with van der Waals surface area (Å²) < 4.78 is 6.07. The van der Waals surface area contributed by atoms with Gasteiger partial charge in [-0.2, -0.15) is 0 Å². The number of fused-ring (bicyclic) bond motifs is 1. The molecule has 82 valence electrons. The third kappa shape index (κ3) is 2.58. The van der Waals surface area contributed by atoms with Crippen molar-refractivity contribution in [1.82, 2.24) is 9.97 Å². The molecule has 0 aliphatic heterocycles. The van der Waals surface area contributed by atoms with Gasteiger partial charge in [0.1, 0.15) is 0 Å². The average molecular weight is 279 g/mol. The van der Waals surface area contributed by atoms with Crippen LogP contribution < -0.4 is 0 Å². The summed E-state index contributed by atoms with van der Waals surface area (Å²) in [5, 5.41) is 0. The molecule has 0 amide bonds. The van der Waals surface area contributed by atoms with E-state index < -0.39 is 0 Å². The van der Waals surface area contributed by atoms with Crippen molar-refractivity contribution in [3.05, 3.63) is 40.8 Å². The van der Waals surface area contributed by atoms with Crippen LogP contribution in [0.5, 0.6) is 0 Å². The van der Waals surface area contributed by atoms with Crippen LogP contribution in [-0.2, 0) is 4.74 Å². The van der Waals surface area contributed by atoms with Gasteiger partial charge in [-0.05, 0) is 46.6 Å². The van der Waals surface area contributed by atoms with Gasteiger partial charge in [0.2, 0.25) is 0 Å². The number of pyridine rings is 2. The van der Waals surface area contributed by atoms with Crippen molar-refractivity contribution in [2.45, 2.75) is 6.92 Å². The Hall–Kier alpha value is -1.42. The SMILES string of the molecule is CCOC=Cc1cnc2cc(Br)cnc2c1. The Bertz CT molecular complexity index is 525. The second-order valence-corrected chi connectivity index (χ2v) is 4.13. The van der Waals surface area contributed by atoms with Crippen molar-refractivity contribution >= 4 is 33.0 Å². The molecule has 0 spiro atoms. The lowest BCUT2D eigenvalue weighted by molar-refractivity contribution is 0.272. The molecule has 0 N–H and O–H groups in total. The summed E-state index contributed by atoms with van der Waals surface area (Å²) in [4.78, 5) is 8.61. The monoisotopic (exact) mass is 278 g/mol. The number of ether oxygens (including phenoxy) is 1. The maximum absolute atomic E-state index is 5.13. The molecule has 16 heavy (non-hydrogen) atoms. The van der Waals surface area contributed by atoms with Gasteiger partial charge in [0, 0.05) is 16.9 Å². The number of rotatable bonds is 3. The molecule has 4 heteroatoms. The van der Waals surface area contributed by atoms with E-state index in [4.69, 9.17) is 4.74 Å². The lowest BCUT2D eigenvalue weighted by Gasteiger charge is -1.99. The summed E-state index contributed by atoms with van der Waals surface area (Å²) in [6, 6.07) is 3.92. The number of aromatic nitrogens is 2. The molecule has 0 bridgehead atoms. The summed E-state index contributed by atoms with van der Waals surface area (Å²) in [7, 11) is 0. The highest BCUT2D eigenvalue weighted by Crippen LogP contribution is 2.16. The average Bonchev–Trinajstić information content (AvgIpc) is 2.29. The lowest BCUT2D eigenvalue weighted by Crippen LogP contribution is -1.85. The third-order valence-corrected chi connectivity index (χ3v) is 2.48. The minimum absolute atomic E-state index is 0.669. The van der Waals surface area contributed by atoms with Crippen LogP contribution in [0.4, 0.5) is 0 Å². The van der Waals surface area contributed by atoms with E-state index in [1.54, 1.807) is 18.7 Å². The number of hydrogen-bond acceptors (Lipinski definition) is 3. The predicted molar refractivity (Wildman–Crippen MR) is 67.9 cm³/mol. The Morgan fingerprint density at radius 2 is 2.00 bits per heavy atom. The summed E-state index contributed by atoms with van der Waals surface area (Å²) in [5.74, 6) is 0. The smallest absolute Gasteiger partial charge is 0.0898 e. The summed E-state index contributed by atoms with van der Waals surface area (Å²) in [6.45, 7) is 2.62. The standard InChI is InChI=1S/C12H11BrN2O/c1-2-16-4-3-9-5-11-12(14-7-9)6-10(13)8-15-11/h3-8H,2H2,1H3. The third-order valence-electron chi connectivity index (χ3n) is 2.04. The molecule has 0 aliphatic rings. The normalized spacial score (nSPS) is 11.1. The van der Waals surface area contributed by atoms with Crippen LogP contribution in [0, 0.1) is 0 Å². The number of hydrogen-bond donors (Lipinski definition) is 0. The first kappa shape index (κ1) is 11.1. The molecule has 0 saturated carbocycles. The second-order valence-electron chi connectivity index (χ2n) is 3.22. The molecular formula is C12H11BrN2O. The number of halogens is 1. The molecule has 0 saturated heterocycles. The van der Waals surface area contributed by atoms with Gasteiger partial charge in [-0.3, -0.25) is 9.97 Å². The van der Waals surface area contributed by atoms with E-state index in [-0.39, 0.29) is 0 Å². The highest BCUT2D eigenvalue weighted by molar-refractivity contribution is 9.10. The molecule has 0 radical (unpaired) electrons. The molecule has 0 fully saturated rings. The van der Waals surface area contributed by atoms with Crippen LogP contribution in [0.2, 0.25) is 0 Å². The molecule has 0 aromatic carbocycles. The maximum Gasteiger partial charge on any atom is 0.0898 e. The fourth-order valence-electron chi connectivity index (χ4n) is 1.31. The van der Waals surface area contributed by atoms with E-state index in [0.29, 0.717) is 6.61 Å². The summed E-state index contributed by atoms with van der Waals surface area (Å²) in [5.41, 5.74) is 2.74. The fourth-order valence-corrected chi connectivity index (χ4v) is 1.63. The molecular weight excluding hydrogens is 268 g/mol. The van der Waals surface area contributed by atoms with E-state index in [1.807, 2.05) is 25.1 Å². The minimum Gasteiger partial charge on any atom is -0.501 e.